The maximum atomic E-state index is 8.53. The normalized spacial score (nSPS) is 9.71. The zero-order valence-corrected chi connectivity index (χ0v) is 8.38. The molecule has 2 aromatic heterocycles. The Bertz CT molecular complexity index is 499. The molecule has 7 heteroatoms. The second kappa shape index (κ2) is 3.51. The highest BCUT2D eigenvalue weighted by Gasteiger charge is 2.06. The van der Waals surface area contributed by atoms with Gasteiger partial charge in [0, 0.05) is 6.20 Å². The SMILES string of the molecule is N#Cc1ncn(-c2ncncc2Br)n1. The first-order chi connectivity index (χ1) is 6.81. The molecule has 0 fully saturated rings. The zero-order valence-electron chi connectivity index (χ0n) is 6.79. The maximum Gasteiger partial charge on any atom is 0.252 e. The van der Waals surface area contributed by atoms with Gasteiger partial charge in [-0.2, -0.15) is 5.26 Å². The van der Waals surface area contributed by atoms with Crippen LogP contribution in [-0.2, 0) is 0 Å². The highest BCUT2D eigenvalue weighted by molar-refractivity contribution is 9.10. The van der Waals surface area contributed by atoms with Crippen LogP contribution in [0.2, 0.25) is 0 Å². The molecule has 68 valence electrons. The van der Waals surface area contributed by atoms with Gasteiger partial charge in [-0.05, 0) is 15.9 Å². The van der Waals surface area contributed by atoms with Crippen LogP contribution in [0, 0.1) is 11.3 Å². The van der Waals surface area contributed by atoms with E-state index in [-0.39, 0.29) is 5.82 Å². The minimum atomic E-state index is 0.107. The largest absolute Gasteiger partial charge is 0.252 e. The van der Waals surface area contributed by atoms with Gasteiger partial charge in [0.2, 0.25) is 0 Å². The van der Waals surface area contributed by atoms with E-state index in [9.17, 15) is 0 Å². The molecule has 14 heavy (non-hydrogen) atoms. The Labute approximate surface area is 87.4 Å². The Hall–Kier alpha value is -1.81. The van der Waals surface area contributed by atoms with Crippen molar-refractivity contribution in [1.82, 2.24) is 24.7 Å². The number of hydrogen-bond acceptors (Lipinski definition) is 5. The fourth-order valence-electron chi connectivity index (χ4n) is 0.891. The van der Waals surface area contributed by atoms with Crippen LogP contribution < -0.4 is 0 Å². The zero-order chi connectivity index (χ0) is 9.97. The summed E-state index contributed by atoms with van der Waals surface area (Å²) >= 11 is 3.27. The molecule has 0 saturated heterocycles. The quantitative estimate of drug-likeness (QED) is 0.744. The number of hydrogen-bond donors (Lipinski definition) is 0. The minimum Gasteiger partial charge on any atom is -0.243 e. The summed E-state index contributed by atoms with van der Waals surface area (Å²) in [6.45, 7) is 0. The lowest BCUT2D eigenvalue weighted by Crippen LogP contribution is -1.99. The molecule has 0 atom stereocenters. The second-order valence-electron chi connectivity index (χ2n) is 2.32. The van der Waals surface area contributed by atoms with Gasteiger partial charge in [-0.1, -0.05) is 0 Å². The van der Waals surface area contributed by atoms with Gasteiger partial charge in [-0.25, -0.2) is 19.6 Å². The number of nitriles is 1. The molecule has 0 aliphatic carbocycles. The standard InChI is InChI=1S/C7H3BrN6/c8-5-2-10-3-11-7(5)14-4-12-6(1-9)13-14/h2-4H. The molecule has 2 rings (SSSR count). The van der Waals surface area contributed by atoms with E-state index < -0.39 is 0 Å². The lowest BCUT2D eigenvalue weighted by Gasteiger charge is -1.99. The van der Waals surface area contributed by atoms with E-state index in [2.05, 4.69) is 36.0 Å². The Morgan fingerprint density at radius 3 is 2.93 bits per heavy atom. The summed E-state index contributed by atoms with van der Waals surface area (Å²) in [7, 11) is 0. The highest BCUT2D eigenvalue weighted by Crippen LogP contribution is 2.14. The molecule has 0 N–H and O–H groups in total. The first-order valence-electron chi connectivity index (χ1n) is 3.59. The smallest absolute Gasteiger partial charge is 0.243 e. The maximum absolute atomic E-state index is 8.53. The van der Waals surface area contributed by atoms with Gasteiger partial charge in [0.15, 0.2) is 5.82 Å². The lowest BCUT2D eigenvalue weighted by molar-refractivity contribution is 0.827. The minimum absolute atomic E-state index is 0.107. The number of nitrogens with zero attached hydrogens (tertiary/aromatic N) is 6. The third-order valence-electron chi connectivity index (χ3n) is 1.46. The summed E-state index contributed by atoms with van der Waals surface area (Å²) in [5.74, 6) is 0.657. The van der Waals surface area contributed by atoms with E-state index in [1.807, 2.05) is 6.07 Å². The summed E-state index contributed by atoms with van der Waals surface area (Å²) in [4.78, 5) is 11.6. The number of halogens is 1. The van der Waals surface area contributed by atoms with E-state index in [4.69, 9.17) is 5.26 Å². The molecule has 2 heterocycles. The monoisotopic (exact) mass is 250 g/mol. The Morgan fingerprint density at radius 2 is 2.29 bits per heavy atom. The predicted octanol–water partition coefficient (Wildman–Crippen LogP) is 0.691. The highest BCUT2D eigenvalue weighted by atomic mass is 79.9. The number of aromatic nitrogens is 5. The molecule has 0 aliphatic rings. The molecule has 0 spiro atoms. The van der Waals surface area contributed by atoms with E-state index in [1.54, 1.807) is 6.20 Å². The van der Waals surface area contributed by atoms with E-state index in [1.165, 1.54) is 17.3 Å². The third-order valence-corrected chi connectivity index (χ3v) is 2.02. The molecule has 0 aromatic carbocycles. The Morgan fingerprint density at radius 1 is 1.43 bits per heavy atom. The van der Waals surface area contributed by atoms with Gasteiger partial charge in [-0.15, -0.1) is 5.10 Å². The van der Waals surface area contributed by atoms with Gasteiger partial charge < -0.3 is 0 Å². The molecule has 0 unspecified atom stereocenters. The van der Waals surface area contributed by atoms with E-state index in [0.717, 1.165) is 0 Å². The van der Waals surface area contributed by atoms with Crippen LogP contribution in [0.5, 0.6) is 0 Å². The third kappa shape index (κ3) is 1.47. The molecule has 2 aromatic rings. The fourth-order valence-corrected chi connectivity index (χ4v) is 1.29. The van der Waals surface area contributed by atoms with Gasteiger partial charge >= 0.3 is 0 Å². The van der Waals surface area contributed by atoms with Crippen molar-refractivity contribution in [2.45, 2.75) is 0 Å². The molecular weight excluding hydrogens is 248 g/mol. The molecule has 0 saturated carbocycles. The van der Waals surface area contributed by atoms with Gasteiger partial charge in [0.25, 0.3) is 5.82 Å². The van der Waals surface area contributed by atoms with Crippen LogP contribution in [0.25, 0.3) is 5.82 Å². The van der Waals surface area contributed by atoms with E-state index in [0.29, 0.717) is 10.3 Å². The van der Waals surface area contributed by atoms with Crippen LogP contribution in [-0.4, -0.2) is 24.7 Å². The van der Waals surface area contributed by atoms with Crippen molar-refractivity contribution in [1.29, 1.82) is 5.26 Å². The summed E-state index contributed by atoms with van der Waals surface area (Å²) < 4.78 is 2.10. The molecule has 0 aliphatic heterocycles. The van der Waals surface area contributed by atoms with Crippen molar-refractivity contribution in [3.8, 4) is 11.9 Å². The summed E-state index contributed by atoms with van der Waals surface area (Å²) in [6.07, 6.45) is 4.41. The van der Waals surface area contributed by atoms with Crippen molar-refractivity contribution in [3.05, 3.63) is 29.1 Å². The predicted molar refractivity (Wildman–Crippen MR) is 49.4 cm³/mol. The van der Waals surface area contributed by atoms with Gasteiger partial charge in [0.05, 0.1) is 4.47 Å². The van der Waals surface area contributed by atoms with Crippen LogP contribution in [0.15, 0.2) is 23.3 Å². The van der Waals surface area contributed by atoms with Crippen molar-refractivity contribution in [2.75, 3.05) is 0 Å². The van der Waals surface area contributed by atoms with Crippen LogP contribution in [0.4, 0.5) is 0 Å². The van der Waals surface area contributed by atoms with Crippen molar-refractivity contribution in [2.24, 2.45) is 0 Å². The topological polar surface area (TPSA) is 80.3 Å². The Balaban J connectivity index is 2.51. The molecule has 0 radical (unpaired) electrons. The average Bonchev–Trinajstić information content (AvgIpc) is 2.67. The first kappa shape index (κ1) is 8.77. The lowest BCUT2D eigenvalue weighted by atomic mass is 10.6. The van der Waals surface area contributed by atoms with Crippen LogP contribution in [0.3, 0.4) is 0 Å². The summed E-state index contributed by atoms with van der Waals surface area (Å²) in [6, 6.07) is 1.83. The molecule has 6 nitrogen and oxygen atoms in total. The molecular formula is C7H3BrN6. The number of rotatable bonds is 1. The first-order valence-corrected chi connectivity index (χ1v) is 4.38. The second-order valence-corrected chi connectivity index (χ2v) is 3.17. The summed E-state index contributed by atoms with van der Waals surface area (Å²) in [5.41, 5.74) is 0. The van der Waals surface area contributed by atoms with Crippen LogP contribution in [0.1, 0.15) is 5.82 Å². The Kier molecular flexibility index (Phi) is 2.20. The van der Waals surface area contributed by atoms with Crippen molar-refractivity contribution >= 4 is 15.9 Å². The van der Waals surface area contributed by atoms with Crippen molar-refractivity contribution < 1.29 is 0 Å². The van der Waals surface area contributed by atoms with E-state index >= 15 is 0 Å². The summed E-state index contributed by atoms with van der Waals surface area (Å²) in [5, 5.41) is 12.4. The fraction of sp³-hybridized carbons (Fsp3) is 0. The van der Waals surface area contributed by atoms with Crippen molar-refractivity contribution in [3.63, 3.8) is 0 Å². The van der Waals surface area contributed by atoms with Gasteiger partial charge in [-0.3, -0.25) is 0 Å². The molecule has 0 bridgehead atoms. The molecule has 0 amide bonds. The van der Waals surface area contributed by atoms with Crippen LogP contribution >= 0.6 is 15.9 Å². The average molecular weight is 251 g/mol. The van der Waals surface area contributed by atoms with Gasteiger partial charge in [0.1, 0.15) is 18.7 Å².